The van der Waals surface area contributed by atoms with E-state index in [4.69, 9.17) is 18.9 Å². The van der Waals surface area contributed by atoms with E-state index in [1.807, 2.05) is 48.2 Å². The van der Waals surface area contributed by atoms with Crippen molar-refractivity contribution in [3.05, 3.63) is 72.0 Å². The van der Waals surface area contributed by atoms with Gasteiger partial charge in [0, 0.05) is 36.1 Å². The number of nitrogens with one attached hydrogen (secondary N) is 1. The molecule has 2 amide bonds. The number of piperidine rings is 1. The first-order chi connectivity index (χ1) is 17.5. The van der Waals surface area contributed by atoms with E-state index in [-0.39, 0.29) is 24.5 Å². The van der Waals surface area contributed by atoms with Crippen LogP contribution in [0.25, 0.3) is 22.4 Å². The molecule has 8 heteroatoms. The number of nitrogens with zero attached hydrogens (tertiary/aromatic N) is 2. The fourth-order valence-electron chi connectivity index (χ4n) is 4.78. The minimum Gasteiger partial charge on any atom is -0.460 e. The van der Waals surface area contributed by atoms with Crippen LogP contribution in [0.15, 0.2) is 65.1 Å². The number of aryl methyl sites for hydroxylation is 1. The summed E-state index contributed by atoms with van der Waals surface area (Å²) in [4.78, 5) is 33.0. The van der Waals surface area contributed by atoms with Crippen molar-refractivity contribution < 1.29 is 23.5 Å². The number of para-hydroxylation sites is 1. The lowest BCUT2D eigenvalue weighted by atomic mass is 9.95. The molecule has 0 bridgehead atoms. The number of benzene rings is 2. The van der Waals surface area contributed by atoms with Crippen LogP contribution in [0.4, 0.5) is 5.69 Å². The number of likely N-dealkylation sites (tertiary alicyclic amines) is 1. The average Bonchev–Trinajstić information content (AvgIpc) is 3.56. The van der Waals surface area contributed by atoms with Gasteiger partial charge in [-0.05, 0) is 56.2 Å². The lowest BCUT2D eigenvalue weighted by molar-refractivity contribution is -0.121. The van der Waals surface area contributed by atoms with Crippen LogP contribution in [0, 0.1) is 12.8 Å². The number of furan rings is 1. The lowest BCUT2D eigenvalue weighted by Gasteiger charge is -2.31. The summed E-state index contributed by atoms with van der Waals surface area (Å²) in [5.41, 5.74) is 2.63. The number of carbonyl (C=O) groups excluding carboxylic acids is 2. The number of aromatic nitrogens is 1. The predicted octanol–water partition coefficient (Wildman–Crippen LogP) is 5.02. The molecule has 0 aliphatic carbocycles. The zero-order valence-corrected chi connectivity index (χ0v) is 19.8. The van der Waals surface area contributed by atoms with E-state index in [2.05, 4.69) is 5.32 Å². The smallest absolute Gasteiger partial charge is 0.254 e. The number of ether oxygens (including phenoxy) is 2. The summed E-state index contributed by atoms with van der Waals surface area (Å²) in [5.74, 6) is 2.43. The molecule has 0 radical (unpaired) electrons. The summed E-state index contributed by atoms with van der Waals surface area (Å²) in [5, 5.41) is 3.78. The Morgan fingerprint density at radius 3 is 2.58 bits per heavy atom. The molecule has 36 heavy (non-hydrogen) atoms. The minimum absolute atomic E-state index is 0.0502. The first-order valence-corrected chi connectivity index (χ1v) is 12.0. The number of hydrogen-bond acceptors (Lipinski definition) is 6. The number of rotatable bonds is 4. The van der Waals surface area contributed by atoms with Crippen LogP contribution in [-0.2, 0) is 4.79 Å². The van der Waals surface area contributed by atoms with Gasteiger partial charge >= 0.3 is 0 Å². The summed E-state index contributed by atoms with van der Waals surface area (Å²) in [6.45, 7) is 3.08. The second kappa shape index (κ2) is 9.03. The average molecular weight is 484 g/mol. The molecule has 1 N–H and O–H groups in total. The van der Waals surface area contributed by atoms with Crippen molar-refractivity contribution in [2.24, 2.45) is 5.92 Å². The van der Waals surface area contributed by atoms with Crippen LogP contribution in [0.5, 0.6) is 11.5 Å². The molecule has 2 aromatic carbocycles. The van der Waals surface area contributed by atoms with Gasteiger partial charge in [-0.25, -0.2) is 4.98 Å². The van der Waals surface area contributed by atoms with Crippen LogP contribution in [0.2, 0.25) is 0 Å². The molecule has 6 rings (SSSR count). The van der Waals surface area contributed by atoms with E-state index in [0.717, 1.165) is 16.7 Å². The second-order valence-corrected chi connectivity index (χ2v) is 9.11. The Kier molecular flexibility index (Phi) is 5.56. The third-order valence-corrected chi connectivity index (χ3v) is 6.73. The van der Waals surface area contributed by atoms with Crippen LogP contribution >= 0.6 is 0 Å². The maximum Gasteiger partial charge on any atom is 0.254 e. The van der Waals surface area contributed by atoms with Gasteiger partial charge in [0.2, 0.25) is 12.7 Å². The molecule has 4 heterocycles. The van der Waals surface area contributed by atoms with Crippen molar-refractivity contribution >= 4 is 28.4 Å². The molecule has 182 valence electrons. The zero-order valence-electron chi connectivity index (χ0n) is 19.8. The molecule has 0 saturated carbocycles. The van der Waals surface area contributed by atoms with Gasteiger partial charge < -0.3 is 24.1 Å². The summed E-state index contributed by atoms with van der Waals surface area (Å²) in [6, 6.07) is 18.5. The lowest BCUT2D eigenvalue weighted by Crippen LogP contribution is -2.41. The topological polar surface area (TPSA) is 93.9 Å². The van der Waals surface area contributed by atoms with E-state index < -0.39 is 0 Å². The summed E-state index contributed by atoms with van der Waals surface area (Å²) >= 11 is 0. The molecule has 2 aliphatic rings. The summed E-state index contributed by atoms with van der Waals surface area (Å²) < 4.78 is 16.5. The number of fused-ring (bicyclic) bond motifs is 2. The minimum atomic E-state index is -0.171. The summed E-state index contributed by atoms with van der Waals surface area (Å²) in [7, 11) is 0. The van der Waals surface area contributed by atoms with Gasteiger partial charge in [-0.1, -0.05) is 18.2 Å². The normalized spacial score (nSPS) is 15.3. The number of anilines is 1. The Labute approximate surface area is 207 Å². The van der Waals surface area contributed by atoms with Crippen LogP contribution in [-0.4, -0.2) is 41.6 Å². The van der Waals surface area contributed by atoms with Crippen molar-refractivity contribution in [3.8, 4) is 23.0 Å². The third kappa shape index (κ3) is 4.15. The molecule has 1 saturated heterocycles. The van der Waals surface area contributed by atoms with Crippen molar-refractivity contribution in [1.29, 1.82) is 0 Å². The molecule has 8 nitrogen and oxygen atoms in total. The first kappa shape index (κ1) is 22.2. The highest BCUT2D eigenvalue weighted by Gasteiger charge is 2.29. The molecular weight excluding hydrogens is 458 g/mol. The van der Waals surface area contributed by atoms with Crippen molar-refractivity contribution in [2.75, 3.05) is 25.2 Å². The number of hydrogen-bond donors (Lipinski definition) is 1. The Morgan fingerprint density at radius 1 is 0.972 bits per heavy atom. The summed E-state index contributed by atoms with van der Waals surface area (Å²) in [6.07, 6.45) is 1.19. The molecule has 0 unspecified atom stereocenters. The van der Waals surface area contributed by atoms with Crippen LogP contribution < -0.4 is 14.8 Å². The zero-order chi connectivity index (χ0) is 24.6. The van der Waals surface area contributed by atoms with Gasteiger partial charge in [-0.3, -0.25) is 9.59 Å². The molecule has 4 aromatic rings. The van der Waals surface area contributed by atoms with E-state index >= 15 is 0 Å². The number of carbonyl (C=O) groups is 2. The molecule has 0 atom stereocenters. The van der Waals surface area contributed by atoms with Gasteiger partial charge in [0.1, 0.15) is 11.5 Å². The van der Waals surface area contributed by atoms with E-state index in [0.29, 0.717) is 60.1 Å². The SMILES string of the molecule is Cc1ccc(-c2cc(C(=O)N3CCC(C(=O)Nc4ccc5c(c4)OCO5)CC3)c3ccccc3n2)o1. The fraction of sp³-hybridized carbons (Fsp3) is 0.250. The van der Waals surface area contributed by atoms with Gasteiger partial charge in [-0.2, -0.15) is 0 Å². The standard InChI is InChI=1S/C28H25N3O5/c1-17-6-8-24(36-17)23-15-21(20-4-2-3-5-22(20)30-23)28(33)31-12-10-18(11-13-31)27(32)29-19-7-9-25-26(14-19)35-16-34-25/h2-9,14-15,18H,10-13,16H2,1H3,(H,29,32). The quantitative estimate of drug-likeness (QED) is 0.438. The number of pyridine rings is 1. The Balaban J connectivity index is 1.17. The predicted molar refractivity (Wildman–Crippen MR) is 134 cm³/mol. The van der Waals surface area contributed by atoms with E-state index in [1.165, 1.54) is 0 Å². The number of amides is 2. The Morgan fingerprint density at radius 2 is 1.78 bits per heavy atom. The van der Waals surface area contributed by atoms with Gasteiger partial charge in [0.25, 0.3) is 5.91 Å². The van der Waals surface area contributed by atoms with Crippen LogP contribution in [0.3, 0.4) is 0 Å². The second-order valence-electron chi connectivity index (χ2n) is 9.11. The van der Waals surface area contributed by atoms with Crippen molar-refractivity contribution in [2.45, 2.75) is 19.8 Å². The maximum atomic E-state index is 13.6. The third-order valence-electron chi connectivity index (χ3n) is 6.73. The Hall–Kier alpha value is -4.33. The first-order valence-electron chi connectivity index (χ1n) is 12.0. The van der Waals surface area contributed by atoms with Crippen LogP contribution in [0.1, 0.15) is 29.0 Å². The highest BCUT2D eigenvalue weighted by Crippen LogP contribution is 2.35. The molecular formula is C28H25N3O5. The van der Waals surface area contributed by atoms with Crippen molar-refractivity contribution in [3.63, 3.8) is 0 Å². The maximum absolute atomic E-state index is 13.6. The van der Waals surface area contributed by atoms with Gasteiger partial charge in [0.15, 0.2) is 17.3 Å². The fourth-order valence-corrected chi connectivity index (χ4v) is 4.78. The van der Waals surface area contributed by atoms with Gasteiger partial charge in [-0.15, -0.1) is 0 Å². The molecule has 2 aliphatic heterocycles. The highest BCUT2D eigenvalue weighted by molar-refractivity contribution is 6.07. The van der Waals surface area contributed by atoms with E-state index in [1.54, 1.807) is 24.3 Å². The molecule has 1 fully saturated rings. The van der Waals surface area contributed by atoms with Gasteiger partial charge in [0.05, 0.1) is 11.1 Å². The monoisotopic (exact) mass is 483 g/mol. The van der Waals surface area contributed by atoms with Crippen molar-refractivity contribution in [1.82, 2.24) is 9.88 Å². The largest absolute Gasteiger partial charge is 0.460 e. The molecule has 2 aromatic heterocycles. The van der Waals surface area contributed by atoms with E-state index in [9.17, 15) is 9.59 Å². The highest BCUT2D eigenvalue weighted by atomic mass is 16.7. The molecule has 0 spiro atoms. The Bertz CT molecular complexity index is 1470.